The summed E-state index contributed by atoms with van der Waals surface area (Å²) in [6, 6.07) is 7.72. The predicted octanol–water partition coefficient (Wildman–Crippen LogP) is 4.47. The molecule has 0 spiro atoms. The standard InChI is InChI=1S/C18H18ClN3O/c1-10-5-6-15-20-13(4)17(22(15)9-10)18(23)21-16-12(3)7-11(2)8-14(16)19/h5-9H,1-4H3,(H,21,23). The highest BCUT2D eigenvalue weighted by Gasteiger charge is 2.18. The zero-order valence-electron chi connectivity index (χ0n) is 13.6. The molecular weight excluding hydrogens is 310 g/mol. The van der Waals surface area contributed by atoms with Gasteiger partial charge in [0.05, 0.1) is 16.4 Å². The number of carbonyl (C=O) groups is 1. The Balaban J connectivity index is 2.05. The maximum atomic E-state index is 12.8. The molecule has 0 radical (unpaired) electrons. The van der Waals surface area contributed by atoms with E-state index in [0.29, 0.717) is 22.1 Å². The van der Waals surface area contributed by atoms with Crippen molar-refractivity contribution >= 4 is 28.8 Å². The highest BCUT2D eigenvalue weighted by Crippen LogP contribution is 2.28. The molecule has 3 rings (SSSR count). The summed E-state index contributed by atoms with van der Waals surface area (Å²) in [6.45, 7) is 7.72. The number of rotatable bonds is 2. The highest BCUT2D eigenvalue weighted by atomic mass is 35.5. The van der Waals surface area contributed by atoms with E-state index in [1.165, 1.54) is 0 Å². The second-order valence-corrected chi connectivity index (χ2v) is 6.28. The van der Waals surface area contributed by atoms with Crippen LogP contribution in [-0.4, -0.2) is 15.3 Å². The Morgan fingerprint density at radius 3 is 2.57 bits per heavy atom. The number of carbonyl (C=O) groups excluding carboxylic acids is 1. The van der Waals surface area contributed by atoms with Crippen LogP contribution in [0.1, 0.15) is 32.9 Å². The number of pyridine rings is 1. The Bertz CT molecular complexity index is 904. The first-order valence-electron chi connectivity index (χ1n) is 7.40. The van der Waals surface area contributed by atoms with Crippen LogP contribution in [0.4, 0.5) is 5.69 Å². The summed E-state index contributed by atoms with van der Waals surface area (Å²) >= 11 is 6.29. The van der Waals surface area contributed by atoms with Gasteiger partial charge in [-0.15, -0.1) is 0 Å². The third-order valence-electron chi connectivity index (χ3n) is 3.83. The van der Waals surface area contributed by atoms with Gasteiger partial charge in [-0.25, -0.2) is 4.98 Å². The molecule has 0 fully saturated rings. The maximum absolute atomic E-state index is 12.8. The summed E-state index contributed by atoms with van der Waals surface area (Å²) in [5.41, 5.74) is 5.68. The minimum absolute atomic E-state index is 0.213. The molecule has 1 amide bonds. The largest absolute Gasteiger partial charge is 0.319 e. The third kappa shape index (κ3) is 2.82. The Labute approximate surface area is 140 Å². The van der Waals surface area contributed by atoms with Crippen molar-refractivity contribution in [2.75, 3.05) is 5.32 Å². The molecule has 0 aliphatic carbocycles. The van der Waals surface area contributed by atoms with Crippen LogP contribution in [-0.2, 0) is 0 Å². The Morgan fingerprint density at radius 2 is 1.87 bits per heavy atom. The Hall–Kier alpha value is -2.33. The molecular formula is C18H18ClN3O. The van der Waals surface area contributed by atoms with Gasteiger partial charge in [-0.1, -0.05) is 23.7 Å². The molecule has 3 aromatic rings. The van der Waals surface area contributed by atoms with E-state index in [1.54, 1.807) is 0 Å². The van der Waals surface area contributed by atoms with Crippen LogP contribution < -0.4 is 5.32 Å². The molecule has 0 aliphatic heterocycles. The van der Waals surface area contributed by atoms with Gasteiger partial charge in [0.15, 0.2) is 0 Å². The van der Waals surface area contributed by atoms with Crippen molar-refractivity contribution in [2.24, 2.45) is 0 Å². The number of nitrogens with zero attached hydrogens (tertiary/aromatic N) is 2. The van der Waals surface area contributed by atoms with Crippen LogP contribution >= 0.6 is 11.6 Å². The van der Waals surface area contributed by atoms with Gasteiger partial charge in [0.1, 0.15) is 11.3 Å². The molecule has 0 bridgehead atoms. The van der Waals surface area contributed by atoms with Gasteiger partial charge < -0.3 is 5.32 Å². The van der Waals surface area contributed by atoms with Crippen LogP contribution in [0.3, 0.4) is 0 Å². The first-order valence-corrected chi connectivity index (χ1v) is 7.78. The molecule has 0 aliphatic rings. The minimum Gasteiger partial charge on any atom is -0.319 e. The molecule has 1 aromatic carbocycles. The molecule has 118 valence electrons. The molecule has 2 aromatic heterocycles. The van der Waals surface area contributed by atoms with Gasteiger partial charge in [-0.3, -0.25) is 9.20 Å². The normalized spacial score (nSPS) is 11.0. The molecule has 1 N–H and O–H groups in total. The molecule has 0 saturated carbocycles. The van der Waals surface area contributed by atoms with Gasteiger partial charge >= 0.3 is 0 Å². The summed E-state index contributed by atoms with van der Waals surface area (Å²) in [6.07, 6.45) is 1.91. The second kappa shape index (κ2) is 5.70. The van der Waals surface area contributed by atoms with E-state index in [0.717, 1.165) is 22.3 Å². The van der Waals surface area contributed by atoms with E-state index in [9.17, 15) is 4.79 Å². The summed E-state index contributed by atoms with van der Waals surface area (Å²) in [5, 5.41) is 3.47. The summed E-state index contributed by atoms with van der Waals surface area (Å²) < 4.78 is 1.82. The average Bonchev–Trinajstić information content (AvgIpc) is 2.77. The van der Waals surface area contributed by atoms with Crippen LogP contribution in [0.5, 0.6) is 0 Å². The smallest absolute Gasteiger partial charge is 0.274 e. The lowest BCUT2D eigenvalue weighted by Gasteiger charge is -2.12. The van der Waals surface area contributed by atoms with E-state index < -0.39 is 0 Å². The number of halogens is 1. The lowest BCUT2D eigenvalue weighted by Crippen LogP contribution is -2.16. The molecule has 0 unspecified atom stereocenters. The molecule has 5 heteroatoms. The first kappa shape index (κ1) is 15.6. The fourth-order valence-corrected chi connectivity index (χ4v) is 3.16. The van der Waals surface area contributed by atoms with Crippen LogP contribution in [0.15, 0.2) is 30.5 Å². The predicted molar refractivity (Wildman–Crippen MR) is 93.5 cm³/mol. The molecule has 0 atom stereocenters. The molecule has 2 heterocycles. The molecule has 4 nitrogen and oxygen atoms in total. The highest BCUT2D eigenvalue weighted by molar-refractivity contribution is 6.34. The number of aromatic nitrogens is 2. The van der Waals surface area contributed by atoms with Gasteiger partial charge in [0.25, 0.3) is 5.91 Å². The van der Waals surface area contributed by atoms with Gasteiger partial charge in [0, 0.05) is 6.20 Å². The number of fused-ring (bicyclic) bond motifs is 1. The van der Waals surface area contributed by atoms with Crippen LogP contribution in [0, 0.1) is 27.7 Å². The SMILES string of the molecule is Cc1cc(C)c(NC(=O)c2c(C)nc3ccc(C)cn23)c(Cl)c1. The lowest BCUT2D eigenvalue weighted by molar-refractivity contribution is 0.102. The topological polar surface area (TPSA) is 46.4 Å². The summed E-state index contributed by atoms with van der Waals surface area (Å²) in [4.78, 5) is 17.2. The monoisotopic (exact) mass is 327 g/mol. The van der Waals surface area contributed by atoms with E-state index in [1.807, 2.05) is 62.6 Å². The first-order chi connectivity index (χ1) is 10.9. The Morgan fingerprint density at radius 1 is 1.13 bits per heavy atom. The maximum Gasteiger partial charge on any atom is 0.274 e. The number of aryl methyl sites for hydroxylation is 4. The van der Waals surface area contributed by atoms with Crippen molar-refractivity contribution in [1.29, 1.82) is 0 Å². The van der Waals surface area contributed by atoms with Crippen molar-refractivity contribution in [3.05, 3.63) is 63.6 Å². The van der Waals surface area contributed by atoms with Crippen LogP contribution in [0.25, 0.3) is 5.65 Å². The number of benzene rings is 1. The van der Waals surface area contributed by atoms with Gasteiger partial charge in [-0.2, -0.15) is 0 Å². The van der Waals surface area contributed by atoms with Crippen LogP contribution in [0.2, 0.25) is 5.02 Å². The number of imidazole rings is 1. The third-order valence-corrected chi connectivity index (χ3v) is 4.12. The van der Waals surface area contributed by atoms with Crippen molar-refractivity contribution in [3.8, 4) is 0 Å². The van der Waals surface area contributed by atoms with E-state index in [-0.39, 0.29) is 5.91 Å². The summed E-state index contributed by atoms with van der Waals surface area (Å²) in [7, 11) is 0. The van der Waals surface area contributed by atoms with E-state index in [2.05, 4.69) is 10.3 Å². The lowest BCUT2D eigenvalue weighted by atomic mass is 10.1. The number of amides is 1. The number of nitrogens with one attached hydrogen (secondary N) is 1. The van der Waals surface area contributed by atoms with Crippen molar-refractivity contribution in [3.63, 3.8) is 0 Å². The van der Waals surface area contributed by atoms with Crippen molar-refractivity contribution in [2.45, 2.75) is 27.7 Å². The average molecular weight is 328 g/mol. The zero-order valence-corrected chi connectivity index (χ0v) is 14.3. The second-order valence-electron chi connectivity index (χ2n) is 5.87. The summed E-state index contributed by atoms with van der Waals surface area (Å²) in [5.74, 6) is -0.213. The van der Waals surface area contributed by atoms with Gasteiger partial charge in [0.2, 0.25) is 0 Å². The van der Waals surface area contributed by atoms with Crippen molar-refractivity contribution in [1.82, 2.24) is 9.38 Å². The number of anilines is 1. The van der Waals surface area contributed by atoms with E-state index in [4.69, 9.17) is 11.6 Å². The Kier molecular flexibility index (Phi) is 3.86. The van der Waals surface area contributed by atoms with Crippen molar-refractivity contribution < 1.29 is 4.79 Å². The van der Waals surface area contributed by atoms with E-state index >= 15 is 0 Å². The molecule has 0 saturated heterocycles. The number of hydrogen-bond acceptors (Lipinski definition) is 2. The zero-order chi connectivity index (χ0) is 16.7. The number of hydrogen-bond donors (Lipinski definition) is 1. The fraction of sp³-hybridized carbons (Fsp3) is 0.222. The minimum atomic E-state index is -0.213. The fourth-order valence-electron chi connectivity index (χ4n) is 2.79. The van der Waals surface area contributed by atoms with Gasteiger partial charge in [-0.05, 0) is 56.5 Å². The quantitative estimate of drug-likeness (QED) is 0.754. The molecule has 23 heavy (non-hydrogen) atoms.